The van der Waals surface area contributed by atoms with Gasteiger partial charge in [0.15, 0.2) is 0 Å². The minimum Gasteiger partial charge on any atom is -0.343 e. The fourth-order valence-corrected chi connectivity index (χ4v) is 4.23. The molecule has 0 unspecified atom stereocenters. The molecule has 0 radical (unpaired) electrons. The second kappa shape index (κ2) is 9.98. The zero-order chi connectivity index (χ0) is 23.4. The van der Waals surface area contributed by atoms with Crippen LogP contribution in [0.2, 0.25) is 0 Å². The number of carbonyl (C=O) groups is 2. The van der Waals surface area contributed by atoms with Crippen LogP contribution >= 0.6 is 0 Å². The van der Waals surface area contributed by atoms with Gasteiger partial charge in [-0.2, -0.15) is 0 Å². The zero-order valence-corrected chi connectivity index (χ0v) is 19.1. The number of amides is 2. The van der Waals surface area contributed by atoms with Gasteiger partial charge in [0.05, 0.1) is 0 Å². The number of likely N-dealkylation sites (tertiary alicyclic amines) is 1. The molecule has 7 heteroatoms. The summed E-state index contributed by atoms with van der Waals surface area (Å²) in [5.41, 5.74) is 3.03. The van der Waals surface area contributed by atoms with Crippen molar-refractivity contribution in [2.24, 2.45) is 0 Å². The Labute approximate surface area is 193 Å². The van der Waals surface area contributed by atoms with Crippen LogP contribution in [0.25, 0.3) is 11.3 Å². The van der Waals surface area contributed by atoms with Crippen molar-refractivity contribution in [2.75, 3.05) is 27.2 Å². The van der Waals surface area contributed by atoms with Crippen LogP contribution in [0.5, 0.6) is 0 Å². The average molecular weight is 449 g/mol. The number of nitrogens with one attached hydrogen (secondary N) is 1. The number of carbonyl (C=O) groups excluding carboxylic acids is 2. The van der Waals surface area contributed by atoms with Crippen LogP contribution in [-0.2, 0) is 11.2 Å². The van der Waals surface area contributed by atoms with E-state index >= 15 is 0 Å². The summed E-state index contributed by atoms with van der Waals surface area (Å²) in [4.78, 5) is 37.0. The number of hydrogen-bond acceptors (Lipinski definition) is 3. The molecular formula is C26H29FN4O2. The first-order chi connectivity index (χ1) is 15.9. The monoisotopic (exact) mass is 448 g/mol. The first kappa shape index (κ1) is 22.7. The third kappa shape index (κ3) is 5.30. The van der Waals surface area contributed by atoms with Crippen molar-refractivity contribution in [1.29, 1.82) is 0 Å². The van der Waals surface area contributed by atoms with Gasteiger partial charge < -0.3 is 14.8 Å². The second-order valence-electron chi connectivity index (χ2n) is 8.69. The molecule has 3 aromatic rings. The molecule has 2 aromatic carbocycles. The quantitative estimate of drug-likeness (QED) is 0.613. The van der Waals surface area contributed by atoms with E-state index in [0.717, 1.165) is 29.8 Å². The minimum atomic E-state index is -0.268. The van der Waals surface area contributed by atoms with Crippen molar-refractivity contribution < 1.29 is 14.0 Å². The lowest BCUT2D eigenvalue weighted by atomic mass is 9.95. The van der Waals surface area contributed by atoms with Gasteiger partial charge in [0.25, 0.3) is 5.91 Å². The molecule has 6 nitrogen and oxygen atoms in total. The maximum absolute atomic E-state index is 13.1. The molecule has 1 saturated heterocycles. The summed E-state index contributed by atoms with van der Waals surface area (Å²) < 4.78 is 13.1. The Morgan fingerprint density at radius 3 is 2.36 bits per heavy atom. The smallest absolute Gasteiger partial charge is 0.272 e. The molecule has 1 aliphatic heterocycles. The summed E-state index contributed by atoms with van der Waals surface area (Å²) in [6.45, 7) is 1.32. The Balaban J connectivity index is 1.41. The minimum absolute atomic E-state index is 0.110. The van der Waals surface area contributed by atoms with E-state index in [-0.39, 0.29) is 23.5 Å². The number of rotatable bonds is 6. The number of hydrogen-bond donors (Lipinski definition) is 1. The van der Waals surface area contributed by atoms with Gasteiger partial charge in [-0.3, -0.25) is 9.59 Å². The number of halogens is 1. The summed E-state index contributed by atoms with van der Waals surface area (Å²) >= 11 is 0. The molecule has 2 amide bonds. The van der Waals surface area contributed by atoms with Crippen molar-refractivity contribution in [3.63, 3.8) is 0 Å². The zero-order valence-electron chi connectivity index (χ0n) is 19.1. The van der Waals surface area contributed by atoms with Crippen LogP contribution < -0.4 is 0 Å². The second-order valence-corrected chi connectivity index (χ2v) is 8.69. The van der Waals surface area contributed by atoms with Crippen molar-refractivity contribution >= 4 is 11.8 Å². The van der Waals surface area contributed by atoms with E-state index in [9.17, 15) is 14.0 Å². The van der Waals surface area contributed by atoms with Crippen molar-refractivity contribution in [3.05, 3.63) is 77.5 Å². The van der Waals surface area contributed by atoms with E-state index in [2.05, 4.69) is 4.98 Å². The maximum Gasteiger partial charge on any atom is 0.272 e. The van der Waals surface area contributed by atoms with Crippen LogP contribution in [0, 0.1) is 5.82 Å². The highest BCUT2D eigenvalue weighted by molar-refractivity contribution is 5.98. The Morgan fingerprint density at radius 2 is 1.73 bits per heavy atom. The molecule has 0 aliphatic carbocycles. The fraction of sp³-hybridized carbons (Fsp3) is 0.346. The Kier molecular flexibility index (Phi) is 6.87. The SMILES string of the molecule is CN(C)C(=O)c1[nH]c(C2CCN(C(=O)CCc3ccc(F)cc3)CC2)nc1-c1ccccc1. The highest BCUT2D eigenvalue weighted by Crippen LogP contribution is 2.31. The van der Waals surface area contributed by atoms with Gasteiger partial charge in [0.1, 0.15) is 23.0 Å². The molecule has 0 bridgehead atoms. The average Bonchev–Trinajstić information content (AvgIpc) is 3.29. The first-order valence-electron chi connectivity index (χ1n) is 11.3. The summed E-state index contributed by atoms with van der Waals surface area (Å²) in [5, 5.41) is 0. The molecular weight excluding hydrogens is 419 g/mol. The standard InChI is InChI=1S/C26H29FN4O2/c1-30(2)26(33)24-23(19-6-4-3-5-7-19)28-25(29-24)20-14-16-31(17-15-20)22(32)13-10-18-8-11-21(27)12-9-18/h3-9,11-12,20H,10,13-17H2,1-2H3,(H,28,29). The first-order valence-corrected chi connectivity index (χ1v) is 11.3. The van der Waals surface area contributed by atoms with Gasteiger partial charge in [-0.25, -0.2) is 9.37 Å². The summed E-state index contributed by atoms with van der Waals surface area (Å²) in [5.74, 6) is 0.706. The predicted octanol–water partition coefficient (Wildman–Crippen LogP) is 4.26. The molecule has 1 fully saturated rings. The third-order valence-corrected chi connectivity index (χ3v) is 6.16. The largest absolute Gasteiger partial charge is 0.343 e. The summed E-state index contributed by atoms with van der Waals surface area (Å²) in [6.07, 6.45) is 2.60. The lowest BCUT2D eigenvalue weighted by molar-refractivity contribution is -0.132. The van der Waals surface area contributed by atoms with E-state index in [1.54, 1.807) is 31.1 Å². The number of H-pyrrole nitrogens is 1. The predicted molar refractivity (Wildman–Crippen MR) is 125 cm³/mol. The summed E-state index contributed by atoms with van der Waals surface area (Å²) in [6, 6.07) is 16.0. The number of aromatic nitrogens is 2. The number of piperidine rings is 1. The number of benzene rings is 2. The number of imidazole rings is 1. The van der Waals surface area contributed by atoms with E-state index in [1.807, 2.05) is 35.2 Å². The number of aryl methyl sites for hydroxylation is 1. The van der Waals surface area contributed by atoms with Crippen LogP contribution in [0.15, 0.2) is 54.6 Å². The van der Waals surface area contributed by atoms with Gasteiger partial charge in [-0.15, -0.1) is 0 Å². The normalized spacial score (nSPS) is 14.3. The number of nitrogens with zero attached hydrogens (tertiary/aromatic N) is 3. The van der Waals surface area contributed by atoms with Gasteiger partial charge in [0.2, 0.25) is 5.91 Å². The van der Waals surface area contributed by atoms with Gasteiger partial charge in [0, 0.05) is 45.1 Å². The molecule has 0 saturated carbocycles. The summed E-state index contributed by atoms with van der Waals surface area (Å²) in [7, 11) is 3.46. The lowest BCUT2D eigenvalue weighted by Crippen LogP contribution is -2.38. The van der Waals surface area contributed by atoms with E-state index in [4.69, 9.17) is 4.98 Å². The fourth-order valence-electron chi connectivity index (χ4n) is 4.23. The van der Waals surface area contributed by atoms with Gasteiger partial charge >= 0.3 is 0 Å². The van der Waals surface area contributed by atoms with Crippen molar-refractivity contribution in [3.8, 4) is 11.3 Å². The van der Waals surface area contributed by atoms with Gasteiger partial charge in [-0.05, 0) is 37.0 Å². The molecule has 4 rings (SSSR count). The third-order valence-electron chi connectivity index (χ3n) is 6.16. The van der Waals surface area contributed by atoms with Crippen LogP contribution in [0.3, 0.4) is 0 Å². The molecule has 0 spiro atoms. The molecule has 172 valence electrons. The molecule has 1 N–H and O–H groups in total. The van der Waals surface area contributed by atoms with E-state index < -0.39 is 0 Å². The van der Waals surface area contributed by atoms with Crippen LogP contribution in [0.1, 0.15) is 47.1 Å². The Hall–Kier alpha value is -3.48. The highest BCUT2D eigenvalue weighted by atomic mass is 19.1. The van der Waals surface area contributed by atoms with Crippen molar-refractivity contribution in [1.82, 2.24) is 19.8 Å². The Morgan fingerprint density at radius 1 is 1.06 bits per heavy atom. The lowest BCUT2D eigenvalue weighted by Gasteiger charge is -2.31. The van der Waals surface area contributed by atoms with E-state index in [1.165, 1.54) is 12.1 Å². The molecule has 1 aliphatic rings. The van der Waals surface area contributed by atoms with Crippen LogP contribution in [-0.4, -0.2) is 58.8 Å². The maximum atomic E-state index is 13.1. The molecule has 33 heavy (non-hydrogen) atoms. The van der Waals surface area contributed by atoms with E-state index in [0.29, 0.717) is 37.3 Å². The number of aromatic amines is 1. The highest BCUT2D eigenvalue weighted by Gasteiger charge is 2.28. The molecule has 0 atom stereocenters. The Bertz CT molecular complexity index is 1100. The molecule has 1 aromatic heterocycles. The van der Waals surface area contributed by atoms with Crippen molar-refractivity contribution in [2.45, 2.75) is 31.6 Å². The van der Waals surface area contributed by atoms with Gasteiger partial charge in [-0.1, -0.05) is 42.5 Å². The topological polar surface area (TPSA) is 69.3 Å². The van der Waals surface area contributed by atoms with Crippen LogP contribution in [0.4, 0.5) is 4.39 Å². The molecule has 2 heterocycles.